The smallest absolute Gasteiger partial charge is 0.306 e. The molecule has 5 nitrogen and oxygen atoms in total. The number of carbonyl (C=O) groups excluding carboxylic acids is 1. The van der Waals surface area contributed by atoms with Gasteiger partial charge in [-0.3, -0.25) is 9.59 Å². The summed E-state index contributed by atoms with van der Waals surface area (Å²) in [6.45, 7) is 0. The van der Waals surface area contributed by atoms with E-state index in [0.717, 1.165) is 0 Å². The number of carboxylic acid groups (broad SMARTS) is 1. The first-order chi connectivity index (χ1) is 7.56. The second-order valence-corrected chi connectivity index (χ2v) is 4.88. The molecule has 2 saturated carbocycles. The topological polar surface area (TPSA) is 86.6 Å². The predicted octanol–water partition coefficient (Wildman–Crippen LogP) is 0.127. The van der Waals surface area contributed by atoms with Gasteiger partial charge in [-0.25, -0.2) is 0 Å². The minimum atomic E-state index is -0.797. The lowest BCUT2D eigenvalue weighted by Crippen LogP contribution is -2.48. The number of hydrogen-bond acceptors (Lipinski definition) is 3. The van der Waals surface area contributed by atoms with Gasteiger partial charge < -0.3 is 15.5 Å². The Kier molecular flexibility index (Phi) is 3.14. The molecule has 0 spiro atoms. The zero-order valence-corrected chi connectivity index (χ0v) is 9.06. The van der Waals surface area contributed by atoms with Crippen LogP contribution < -0.4 is 5.32 Å². The third-order valence-electron chi connectivity index (χ3n) is 3.61. The Bertz CT molecular complexity index is 298. The van der Waals surface area contributed by atoms with Gasteiger partial charge in [-0.1, -0.05) is 0 Å². The first kappa shape index (κ1) is 11.4. The van der Waals surface area contributed by atoms with Gasteiger partial charge in [0.25, 0.3) is 0 Å². The lowest BCUT2D eigenvalue weighted by Gasteiger charge is -2.32. The Morgan fingerprint density at radius 1 is 1.06 bits per heavy atom. The number of aliphatic hydroxyl groups excluding tert-OH is 1. The zero-order valence-electron chi connectivity index (χ0n) is 9.06. The van der Waals surface area contributed by atoms with Crippen molar-refractivity contribution in [2.45, 2.75) is 44.2 Å². The van der Waals surface area contributed by atoms with Crippen molar-refractivity contribution in [3.63, 3.8) is 0 Å². The van der Waals surface area contributed by atoms with Gasteiger partial charge in [0.1, 0.15) is 0 Å². The SMILES string of the molecule is O=C(O)[C@H]1CC[C@@H](C(=O)NC2CC(O)C2)C1. The Morgan fingerprint density at radius 3 is 2.19 bits per heavy atom. The molecule has 0 aromatic rings. The largest absolute Gasteiger partial charge is 0.481 e. The summed E-state index contributed by atoms with van der Waals surface area (Å²) in [6.07, 6.45) is 2.69. The van der Waals surface area contributed by atoms with E-state index in [4.69, 9.17) is 10.2 Å². The van der Waals surface area contributed by atoms with Crippen molar-refractivity contribution in [3.05, 3.63) is 0 Å². The van der Waals surface area contributed by atoms with Crippen LogP contribution in [0.5, 0.6) is 0 Å². The maximum absolute atomic E-state index is 11.7. The maximum atomic E-state index is 11.7. The summed E-state index contributed by atoms with van der Waals surface area (Å²) in [5, 5.41) is 20.8. The second-order valence-electron chi connectivity index (χ2n) is 4.88. The Labute approximate surface area is 93.8 Å². The highest BCUT2D eigenvalue weighted by Gasteiger charge is 2.36. The van der Waals surface area contributed by atoms with Gasteiger partial charge in [-0.15, -0.1) is 0 Å². The van der Waals surface area contributed by atoms with Crippen LogP contribution in [0, 0.1) is 11.8 Å². The molecule has 16 heavy (non-hydrogen) atoms. The van der Waals surface area contributed by atoms with E-state index in [9.17, 15) is 9.59 Å². The summed E-state index contributed by atoms with van der Waals surface area (Å²) < 4.78 is 0. The van der Waals surface area contributed by atoms with Crippen LogP contribution in [0.3, 0.4) is 0 Å². The Morgan fingerprint density at radius 2 is 1.69 bits per heavy atom. The lowest BCUT2D eigenvalue weighted by molar-refractivity contribution is -0.141. The van der Waals surface area contributed by atoms with Gasteiger partial charge in [0.05, 0.1) is 12.0 Å². The number of hydrogen-bond donors (Lipinski definition) is 3. The molecule has 2 rings (SSSR count). The average molecular weight is 227 g/mol. The highest BCUT2D eigenvalue weighted by Crippen LogP contribution is 2.31. The van der Waals surface area contributed by atoms with Crippen molar-refractivity contribution in [2.24, 2.45) is 11.8 Å². The monoisotopic (exact) mass is 227 g/mol. The third-order valence-corrected chi connectivity index (χ3v) is 3.61. The molecule has 90 valence electrons. The van der Waals surface area contributed by atoms with Crippen molar-refractivity contribution in [1.82, 2.24) is 5.32 Å². The van der Waals surface area contributed by atoms with E-state index >= 15 is 0 Å². The molecular weight excluding hydrogens is 210 g/mol. The number of aliphatic hydroxyl groups is 1. The Balaban J connectivity index is 1.76. The standard InChI is InChI=1S/C11H17NO4/c13-9-4-8(5-9)12-10(14)6-1-2-7(3-6)11(15)16/h6-9,13H,1-5H2,(H,12,14)(H,15,16)/t6-,7+,8?,9?/m1/s1. The molecule has 0 aliphatic heterocycles. The predicted molar refractivity (Wildman–Crippen MR) is 55.6 cm³/mol. The van der Waals surface area contributed by atoms with Gasteiger partial charge >= 0.3 is 5.97 Å². The lowest BCUT2D eigenvalue weighted by atomic mass is 9.89. The molecule has 0 bridgehead atoms. The van der Waals surface area contributed by atoms with Crippen molar-refractivity contribution in [3.8, 4) is 0 Å². The van der Waals surface area contributed by atoms with Crippen LogP contribution in [-0.2, 0) is 9.59 Å². The minimum absolute atomic E-state index is 0.0411. The number of rotatable bonds is 3. The van der Waals surface area contributed by atoms with Crippen molar-refractivity contribution < 1.29 is 19.8 Å². The first-order valence-electron chi connectivity index (χ1n) is 5.77. The molecule has 2 aliphatic carbocycles. The highest BCUT2D eigenvalue weighted by molar-refractivity contribution is 5.81. The van der Waals surface area contributed by atoms with Crippen LogP contribution in [0.1, 0.15) is 32.1 Å². The fraction of sp³-hybridized carbons (Fsp3) is 0.818. The first-order valence-corrected chi connectivity index (χ1v) is 5.77. The number of aliphatic carboxylic acids is 1. The molecule has 0 aromatic carbocycles. The zero-order chi connectivity index (χ0) is 11.7. The summed E-state index contributed by atoms with van der Waals surface area (Å²) in [7, 11) is 0. The quantitative estimate of drug-likeness (QED) is 0.639. The van der Waals surface area contributed by atoms with Crippen LogP contribution in [0.2, 0.25) is 0 Å². The van der Waals surface area contributed by atoms with E-state index in [0.29, 0.717) is 32.1 Å². The van der Waals surface area contributed by atoms with E-state index in [1.165, 1.54) is 0 Å². The van der Waals surface area contributed by atoms with E-state index in [2.05, 4.69) is 5.32 Å². The summed E-state index contributed by atoms with van der Waals surface area (Å²) in [4.78, 5) is 22.5. The normalized spacial score (nSPS) is 37.8. The van der Waals surface area contributed by atoms with Crippen molar-refractivity contribution >= 4 is 11.9 Å². The van der Waals surface area contributed by atoms with Crippen LogP contribution in [0.4, 0.5) is 0 Å². The molecule has 1 amide bonds. The molecule has 5 heteroatoms. The number of carboxylic acids is 1. The summed E-state index contributed by atoms with van der Waals surface area (Å²) in [5.41, 5.74) is 0. The van der Waals surface area contributed by atoms with Crippen LogP contribution in [0.15, 0.2) is 0 Å². The molecule has 2 atom stereocenters. The molecule has 0 unspecified atom stereocenters. The van der Waals surface area contributed by atoms with Gasteiger partial charge in [0.2, 0.25) is 5.91 Å². The number of nitrogens with one attached hydrogen (secondary N) is 1. The van der Waals surface area contributed by atoms with E-state index in [1.54, 1.807) is 0 Å². The van der Waals surface area contributed by atoms with Crippen molar-refractivity contribution in [1.29, 1.82) is 0 Å². The van der Waals surface area contributed by atoms with Gasteiger partial charge in [0, 0.05) is 12.0 Å². The fourth-order valence-electron chi connectivity index (χ4n) is 2.47. The average Bonchev–Trinajstić information content (AvgIpc) is 2.63. The fourth-order valence-corrected chi connectivity index (χ4v) is 2.47. The van der Waals surface area contributed by atoms with E-state index < -0.39 is 5.97 Å². The van der Waals surface area contributed by atoms with Gasteiger partial charge in [-0.2, -0.15) is 0 Å². The van der Waals surface area contributed by atoms with Gasteiger partial charge in [-0.05, 0) is 32.1 Å². The minimum Gasteiger partial charge on any atom is -0.481 e. The number of carbonyl (C=O) groups is 2. The van der Waals surface area contributed by atoms with Gasteiger partial charge in [0.15, 0.2) is 0 Å². The maximum Gasteiger partial charge on any atom is 0.306 e. The highest BCUT2D eigenvalue weighted by atomic mass is 16.4. The molecule has 2 fully saturated rings. The van der Waals surface area contributed by atoms with Crippen LogP contribution in [-0.4, -0.2) is 34.2 Å². The van der Waals surface area contributed by atoms with Crippen LogP contribution in [0.25, 0.3) is 0 Å². The van der Waals surface area contributed by atoms with Crippen molar-refractivity contribution in [2.75, 3.05) is 0 Å². The molecular formula is C11H17NO4. The molecule has 0 aromatic heterocycles. The third kappa shape index (κ3) is 2.35. The summed E-state index contributed by atoms with van der Waals surface area (Å²) in [6, 6.07) is 0.0892. The number of amides is 1. The molecule has 0 saturated heterocycles. The molecule has 0 heterocycles. The second kappa shape index (κ2) is 4.41. The van der Waals surface area contributed by atoms with E-state index in [-0.39, 0.29) is 29.9 Å². The molecule has 2 aliphatic rings. The summed E-state index contributed by atoms with van der Waals surface area (Å²) in [5.74, 6) is -1.35. The summed E-state index contributed by atoms with van der Waals surface area (Å²) >= 11 is 0. The molecule has 3 N–H and O–H groups in total. The van der Waals surface area contributed by atoms with Crippen LogP contribution >= 0.6 is 0 Å². The Hall–Kier alpha value is -1.10. The van der Waals surface area contributed by atoms with E-state index in [1.807, 2.05) is 0 Å². The molecule has 0 radical (unpaired) electrons.